The van der Waals surface area contributed by atoms with E-state index in [1.807, 2.05) is 0 Å². The summed E-state index contributed by atoms with van der Waals surface area (Å²) < 4.78 is 6.43. The van der Waals surface area contributed by atoms with Crippen molar-refractivity contribution in [2.75, 3.05) is 0 Å². The molecule has 0 atom stereocenters. The van der Waals surface area contributed by atoms with E-state index < -0.39 is 5.97 Å². The van der Waals surface area contributed by atoms with E-state index in [2.05, 4.69) is 15.9 Å². The molecule has 0 aliphatic carbocycles. The van der Waals surface area contributed by atoms with Crippen LogP contribution in [0.3, 0.4) is 0 Å². The fourth-order valence-corrected chi connectivity index (χ4v) is 1.88. The van der Waals surface area contributed by atoms with Crippen LogP contribution >= 0.6 is 27.5 Å². The van der Waals surface area contributed by atoms with Crippen molar-refractivity contribution in [3.63, 3.8) is 0 Å². The maximum atomic E-state index is 11.1. The Morgan fingerprint density at radius 3 is 2.44 bits per heavy atom. The van der Waals surface area contributed by atoms with Crippen molar-refractivity contribution in [1.82, 2.24) is 0 Å². The molecule has 0 aromatic heterocycles. The van der Waals surface area contributed by atoms with Crippen molar-refractivity contribution in [3.05, 3.63) is 57.5 Å². The molecule has 0 spiro atoms. The molecule has 0 amide bonds. The lowest BCUT2D eigenvalue weighted by molar-refractivity contribution is 0.0694. The average Bonchev–Trinajstić information content (AvgIpc) is 2.34. The minimum Gasteiger partial charge on any atom is -0.478 e. The maximum Gasteiger partial charge on any atom is 0.339 e. The summed E-state index contributed by atoms with van der Waals surface area (Å²) in [7, 11) is 0. The molecule has 2 aromatic carbocycles. The number of hydrogen-bond donors (Lipinski definition) is 1. The van der Waals surface area contributed by atoms with Crippen LogP contribution in [0.1, 0.15) is 10.4 Å². The van der Waals surface area contributed by atoms with Crippen LogP contribution < -0.4 is 4.74 Å². The first-order valence-electron chi connectivity index (χ1n) is 5.03. The second-order valence-corrected chi connectivity index (χ2v) is 4.80. The number of halogens is 2. The van der Waals surface area contributed by atoms with Crippen LogP contribution in [-0.4, -0.2) is 11.1 Å². The Hall–Kier alpha value is -1.52. The lowest BCUT2D eigenvalue weighted by Gasteiger charge is -2.10. The van der Waals surface area contributed by atoms with Gasteiger partial charge in [0.05, 0.1) is 5.02 Å². The number of carbonyl (C=O) groups is 1. The quantitative estimate of drug-likeness (QED) is 0.896. The number of rotatable bonds is 3. The highest BCUT2D eigenvalue weighted by Crippen LogP contribution is 2.33. The van der Waals surface area contributed by atoms with Crippen LogP contribution in [0.25, 0.3) is 0 Å². The van der Waals surface area contributed by atoms with Crippen LogP contribution in [0.5, 0.6) is 11.5 Å². The first kappa shape index (κ1) is 12.9. The van der Waals surface area contributed by atoms with Gasteiger partial charge in [-0.15, -0.1) is 0 Å². The first-order valence-corrected chi connectivity index (χ1v) is 6.20. The van der Waals surface area contributed by atoms with Crippen LogP contribution in [0.2, 0.25) is 5.02 Å². The van der Waals surface area contributed by atoms with E-state index in [0.717, 1.165) is 4.47 Å². The van der Waals surface area contributed by atoms with Gasteiger partial charge >= 0.3 is 5.97 Å². The normalized spacial score (nSPS) is 10.1. The Bertz CT molecular complexity index is 581. The topological polar surface area (TPSA) is 46.5 Å². The van der Waals surface area contributed by atoms with Crippen molar-refractivity contribution in [2.24, 2.45) is 0 Å². The van der Waals surface area contributed by atoms with Crippen LogP contribution in [-0.2, 0) is 0 Å². The summed E-state index contributed by atoms with van der Waals surface area (Å²) in [6.07, 6.45) is 0. The van der Waals surface area contributed by atoms with Crippen LogP contribution in [0.4, 0.5) is 0 Å². The van der Waals surface area contributed by atoms with E-state index >= 15 is 0 Å². The first-order chi connectivity index (χ1) is 8.58. The van der Waals surface area contributed by atoms with E-state index in [-0.39, 0.29) is 16.3 Å². The van der Waals surface area contributed by atoms with Crippen molar-refractivity contribution >= 4 is 33.5 Å². The van der Waals surface area contributed by atoms with Crippen molar-refractivity contribution < 1.29 is 14.6 Å². The second kappa shape index (κ2) is 5.42. The largest absolute Gasteiger partial charge is 0.478 e. The summed E-state index contributed by atoms with van der Waals surface area (Å²) in [6, 6.07) is 11.6. The number of aromatic carboxylic acids is 1. The molecule has 0 saturated heterocycles. The molecule has 0 saturated carbocycles. The molecule has 3 nitrogen and oxygen atoms in total. The summed E-state index contributed by atoms with van der Waals surface area (Å²) in [5, 5.41) is 9.33. The number of carboxylic acid groups (broad SMARTS) is 1. The highest BCUT2D eigenvalue weighted by atomic mass is 79.9. The number of para-hydroxylation sites is 1. The van der Waals surface area contributed by atoms with Gasteiger partial charge in [-0.1, -0.05) is 33.6 Å². The van der Waals surface area contributed by atoms with Gasteiger partial charge in [0, 0.05) is 4.47 Å². The summed E-state index contributed by atoms with van der Waals surface area (Å²) in [5.74, 6) is -0.410. The van der Waals surface area contributed by atoms with Gasteiger partial charge in [-0.3, -0.25) is 0 Å². The van der Waals surface area contributed by atoms with Crippen molar-refractivity contribution in [2.45, 2.75) is 0 Å². The van der Waals surface area contributed by atoms with Gasteiger partial charge in [0.25, 0.3) is 0 Å². The van der Waals surface area contributed by atoms with E-state index in [1.54, 1.807) is 36.4 Å². The van der Waals surface area contributed by atoms with Crippen molar-refractivity contribution in [3.8, 4) is 11.5 Å². The van der Waals surface area contributed by atoms with Gasteiger partial charge in [-0.2, -0.15) is 0 Å². The molecule has 2 aromatic rings. The van der Waals surface area contributed by atoms with Gasteiger partial charge in [-0.25, -0.2) is 4.79 Å². The predicted molar refractivity (Wildman–Crippen MR) is 72.6 cm³/mol. The summed E-state index contributed by atoms with van der Waals surface area (Å²) >= 11 is 9.26. The van der Waals surface area contributed by atoms with Gasteiger partial charge in [0.2, 0.25) is 0 Å². The SMILES string of the molecule is O=C(O)c1cccc(Cl)c1Oc1ccc(Br)cc1. The van der Waals surface area contributed by atoms with E-state index in [1.165, 1.54) is 6.07 Å². The molecule has 0 radical (unpaired) electrons. The predicted octanol–water partition coefficient (Wildman–Crippen LogP) is 4.59. The molecule has 2 rings (SSSR count). The smallest absolute Gasteiger partial charge is 0.339 e. The number of carboxylic acids is 1. The third kappa shape index (κ3) is 2.83. The molecular weight excluding hydrogens is 319 g/mol. The van der Waals surface area contributed by atoms with Gasteiger partial charge in [0.1, 0.15) is 11.3 Å². The summed E-state index contributed by atoms with van der Waals surface area (Å²) in [6.45, 7) is 0. The summed E-state index contributed by atoms with van der Waals surface area (Å²) in [5.41, 5.74) is 0.0328. The monoisotopic (exact) mass is 326 g/mol. The Balaban J connectivity index is 2.39. The zero-order chi connectivity index (χ0) is 13.1. The van der Waals surface area contributed by atoms with Crippen LogP contribution in [0.15, 0.2) is 46.9 Å². The number of benzene rings is 2. The Morgan fingerprint density at radius 2 is 1.83 bits per heavy atom. The molecule has 0 aliphatic rings. The lowest BCUT2D eigenvalue weighted by atomic mass is 10.2. The van der Waals surface area contributed by atoms with Crippen LogP contribution in [0, 0.1) is 0 Å². The highest BCUT2D eigenvalue weighted by Gasteiger charge is 2.15. The Kier molecular flexibility index (Phi) is 3.89. The minimum absolute atomic E-state index is 0.0328. The fraction of sp³-hybridized carbons (Fsp3) is 0. The third-order valence-corrected chi connectivity index (χ3v) is 3.06. The molecule has 18 heavy (non-hydrogen) atoms. The van der Waals surface area contributed by atoms with Crippen molar-refractivity contribution in [1.29, 1.82) is 0 Å². The summed E-state index contributed by atoms with van der Waals surface area (Å²) in [4.78, 5) is 11.1. The third-order valence-electron chi connectivity index (χ3n) is 2.23. The maximum absolute atomic E-state index is 11.1. The molecule has 0 fully saturated rings. The van der Waals surface area contributed by atoms with Gasteiger partial charge < -0.3 is 9.84 Å². The standard InChI is InChI=1S/C13H8BrClO3/c14-8-4-6-9(7-5-8)18-12-10(13(16)17)2-1-3-11(12)15/h1-7H,(H,16,17). The minimum atomic E-state index is -1.08. The lowest BCUT2D eigenvalue weighted by Crippen LogP contribution is -2.00. The highest BCUT2D eigenvalue weighted by molar-refractivity contribution is 9.10. The molecule has 0 aliphatic heterocycles. The van der Waals surface area contributed by atoms with E-state index in [4.69, 9.17) is 21.4 Å². The Labute approximate surface area is 117 Å². The fourth-order valence-electron chi connectivity index (χ4n) is 1.40. The molecular formula is C13H8BrClO3. The van der Waals surface area contributed by atoms with Gasteiger partial charge in [-0.05, 0) is 36.4 Å². The molecule has 0 unspecified atom stereocenters. The Morgan fingerprint density at radius 1 is 1.17 bits per heavy atom. The number of hydrogen-bond acceptors (Lipinski definition) is 2. The van der Waals surface area contributed by atoms with E-state index in [9.17, 15) is 4.79 Å². The molecule has 1 N–H and O–H groups in total. The number of ether oxygens (including phenoxy) is 1. The van der Waals surface area contributed by atoms with E-state index in [0.29, 0.717) is 5.75 Å². The van der Waals surface area contributed by atoms with Gasteiger partial charge in [0.15, 0.2) is 5.75 Å². The molecule has 0 bridgehead atoms. The zero-order valence-corrected chi connectivity index (χ0v) is 11.4. The molecule has 92 valence electrons. The second-order valence-electron chi connectivity index (χ2n) is 3.48. The zero-order valence-electron chi connectivity index (χ0n) is 9.06. The average molecular weight is 328 g/mol. The molecule has 0 heterocycles. The molecule has 5 heteroatoms.